The van der Waals surface area contributed by atoms with E-state index in [1.165, 1.54) is 8.61 Å². The second-order valence-electron chi connectivity index (χ2n) is 4.45. The van der Waals surface area contributed by atoms with Crippen molar-refractivity contribution in [3.8, 4) is 0 Å². The van der Waals surface area contributed by atoms with Gasteiger partial charge in [-0.2, -0.15) is 17.0 Å². The quantitative estimate of drug-likeness (QED) is 0.732. The average Bonchev–Trinajstić information content (AvgIpc) is 2.09. The summed E-state index contributed by atoms with van der Waals surface area (Å²) in [5.74, 6) is 0. The van der Waals surface area contributed by atoms with Crippen molar-refractivity contribution in [2.24, 2.45) is 0 Å². The molecule has 0 aromatic carbocycles. The van der Waals surface area contributed by atoms with E-state index >= 15 is 0 Å². The molecule has 0 spiro atoms. The third-order valence-electron chi connectivity index (χ3n) is 2.58. The third-order valence-corrected chi connectivity index (χ3v) is 4.46. The number of unbranched alkanes of at least 4 members (excludes halogenated alkanes) is 1. The molecule has 1 aliphatic heterocycles. The zero-order valence-corrected chi connectivity index (χ0v) is 10.4. The summed E-state index contributed by atoms with van der Waals surface area (Å²) in [5, 5.41) is 9.48. The summed E-state index contributed by atoms with van der Waals surface area (Å²) < 4.78 is 26.4. The maximum absolute atomic E-state index is 11.8. The normalized spacial score (nSPS) is 21.7. The van der Waals surface area contributed by atoms with Gasteiger partial charge < -0.3 is 5.11 Å². The average molecular weight is 236 g/mol. The minimum atomic E-state index is -3.34. The predicted octanol–water partition coefficient (Wildman–Crippen LogP) is 0.0297. The standard InChI is InChI=1S/C9H20N2O3S/c1-4-5-6-10(3)15(13,14)11-7-9(2,12)8-11/h12H,4-8H2,1-3H3. The molecule has 0 amide bonds. The predicted molar refractivity (Wildman–Crippen MR) is 58.7 cm³/mol. The van der Waals surface area contributed by atoms with Gasteiger partial charge in [-0.1, -0.05) is 13.3 Å². The molecule has 0 bridgehead atoms. The molecule has 1 heterocycles. The minimum Gasteiger partial charge on any atom is -0.387 e. The molecule has 1 rings (SSSR count). The number of nitrogens with zero attached hydrogens (tertiary/aromatic N) is 2. The zero-order valence-electron chi connectivity index (χ0n) is 9.60. The fraction of sp³-hybridized carbons (Fsp3) is 1.00. The Kier molecular flexibility index (Phi) is 3.76. The first-order valence-corrected chi connectivity index (χ1v) is 6.63. The highest BCUT2D eigenvalue weighted by Crippen LogP contribution is 2.24. The monoisotopic (exact) mass is 236 g/mol. The first-order valence-electron chi connectivity index (χ1n) is 5.23. The van der Waals surface area contributed by atoms with Gasteiger partial charge in [0.15, 0.2) is 0 Å². The molecule has 0 aromatic heterocycles. The van der Waals surface area contributed by atoms with Crippen LogP contribution >= 0.6 is 0 Å². The van der Waals surface area contributed by atoms with Crippen molar-refractivity contribution in [1.29, 1.82) is 0 Å². The minimum absolute atomic E-state index is 0.200. The van der Waals surface area contributed by atoms with E-state index in [1.54, 1.807) is 14.0 Å². The first kappa shape index (κ1) is 12.9. The van der Waals surface area contributed by atoms with Gasteiger partial charge in [0, 0.05) is 26.7 Å². The van der Waals surface area contributed by atoms with Crippen LogP contribution in [0.25, 0.3) is 0 Å². The van der Waals surface area contributed by atoms with Crippen LogP contribution in [-0.4, -0.2) is 54.4 Å². The van der Waals surface area contributed by atoms with Crippen LogP contribution in [0.1, 0.15) is 26.7 Å². The van der Waals surface area contributed by atoms with Gasteiger partial charge in [0.05, 0.1) is 5.60 Å². The molecule has 90 valence electrons. The smallest absolute Gasteiger partial charge is 0.281 e. The van der Waals surface area contributed by atoms with Crippen LogP contribution in [0.4, 0.5) is 0 Å². The van der Waals surface area contributed by atoms with Crippen molar-refractivity contribution in [3.63, 3.8) is 0 Å². The van der Waals surface area contributed by atoms with Crippen LogP contribution in [0.2, 0.25) is 0 Å². The summed E-state index contributed by atoms with van der Waals surface area (Å²) in [6.07, 6.45) is 1.83. The number of hydrogen-bond acceptors (Lipinski definition) is 3. The lowest BCUT2D eigenvalue weighted by atomic mass is 10.0. The molecule has 0 radical (unpaired) electrons. The molecule has 0 aliphatic carbocycles. The van der Waals surface area contributed by atoms with Gasteiger partial charge in [-0.25, -0.2) is 0 Å². The van der Waals surface area contributed by atoms with E-state index in [1.807, 2.05) is 6.92 Å². The Labute approximate surface area is 91.9 Å². The first-order chi connectivity index (χ1) is 6.79. The lowest BCUT2D eigenvalue weighted by Crippen LogP contribution is -2.63. The fourth-order valence-electron chi connectivity index (χ4n) is 1.57. The number of β-amino-alcohol motifs (C(OH)–C–C–N with tert-alkyl or cyclic N) is 1. The largest absolute Gasteiger partial charge is 0.387 e. The van der Waals surface area contributed by atoms with Crippen molar-refractivity contribution in [2.75, 3.05) is 26.7 Å². The molecule has 0 aromatic rings. The van der Waals surface area contributed by atoms with E-state index in [0.717, 1.165) is 12.8 Å². The highest BCUT2D eigenvalue weighted by Gasteiger charge is 2.44. The molecular formula is C9H20N2O3S. The Morgan fingerprint density at radius 2 is 2.00 bits per heavy atom. The van der Waals surface area contributed by atoms with Crippen LogP contribution in [0.3, 0.4) is 0 Å². The Bertz CT molecular complexity index is 305. The maximum atomic E-state index is 11.8. The molecule has 1 N–H and O–H groups in total. The molecular weight excluding hydrogens is 216 g/mol. The Morgan fingerprint density at radius 3 is 2.40 bits per heavy atom. The maximum Gasteiger partial charge on any atom is 0.281 e. The molecule has 15 heavy (non-hydrogen) atoms. The van der Waals surface area contributed by atoms with Gasteiger partial charge in [0.25, 0.3) is 10.2 Å². The van der Waals surface area contributed by atoms with E-state index in [4.69, 9.17) is 0 Å². The Balaban J connectivity index is 2.53. The highest BCUT2D eigenvalue weighted by molar-refractivity contribution is 7.86. The second-order valence-corrected chi connectivity index (χ2v) is 6.48. The van der Waals surface area contributed by atoms with Gasteiger partial charge in [-0.3, -0.25) is 0 Å². The van der Waals surface area contributed by atoms with E-state index in [-0.39, 0.29) is 13.1 Å². The molecule has 0 saturated carbocycles. The van der Waals surface area contributed by atoms with Gasteiger partial charge in [-0.05, 0) is 13.3 Å². The van der Waals surface area contributed by atoms with E-state index in [9.17, 15) is 13.5 Å². The van der Waals surface area contributed by atoms with Crippen molar-refractivity contribution >= 4 is 10.2 Å². The highest BCUT2D eigenvalue weighted by atomic mass is 32.2. The topological polar surface area (TPSA) is 60.9 Å². The third kappa shape index (κ3) is 2.90. The second kappa shape index (κ2) is 4.37. The Morgan fingerprint density at radius 1 is 1.47 bits per heavy atom. The SMILES string of the molecule is CCCCN(C)S(=O)(=O)N1CC(C)(O)C1. The zero-order chi connectivity index (χ0) is 11.7. The van der Waals surface area contributed by atoms with Gasteiger partial charge >= 0.3 is 0 Å². The molecule has 0 atom stereocenters. The van der Waals surface area contributed by atoms with Crippen molar-refractivity contribution in [1.82, 2.24) is 8.61 Å². The van der Waals surface area contributed by atoms with E-state index in [0.29, 0.717) is 6.54 Å². The summed E-state index contributed by atoms with van der Waals surface area (Å²) in [5.41, 5.74) is -0.849. The summed E-state index contributed by atoms with van der Waals surface area (Å²) in [7, 11) is -1.76. The summed E-state index contributed by atoms with van der Waals surface area (Å²) in [4.78, 5) is 0. The van der Waals surface area contributed by atoms with Crippen LogP contribution in [0.15, 0.2) is 0 Å². The lowest BCUT2D eigenvalue weighted by Gasteiger charge is -2.44. The Hall–Kier alpha value is -0.170. The van der Waals surface area contributed by atoms with Crippen molar-refractivity contribution in [2.45, 2.75) is 32.3 Å². The lowest BCUT2D eigenvalue weighted by molar-refractivity contribution is -0.0448. The summed E-state index contributed by atoms with van der Waals surface area (Å²) in [6.45, 7) is 4.61. The van der Waals surface area contributed by atoms with Gasteiger partial charge in [-0.15, -0.1) is 0 Å². The van der Waals surface area contributed by atoms with E-state index in [2.05, 4.69) is 0 Å². The summed E-state index contributed by atoms with van der Waals surface area (Å²) >= 11 is 0. The number of hydrogen-bond donors (Lipinski definition) is 1. The molecule has 0 unspecified atom stereocenters. The molecule has 6 heteroatoms. The number of aliphatic hydroxyl groups is 1. The number of rotatable bonds is 5. The van der Waals surface area contributed by atoms with E-state index < -0.39 is 15.8 Å². The van der Waals surface area contributed by atoms with Crippen LogP contribution in [0.5, 0.6) is 0 Å². The molecule has 1 saturated heterocycles. The van der Waals surface area contributed by atoms with Crippen LogP contribution in [-0.2, 0) is 10.2 Å². The molecule has 1 aliphatic rings. The molecule has 5 nitrogen and oxygen atoms in total. The van der Waals surface area contributed by atoms with Crippen LogP contribution < -0.4 is 0 Å². The summed E-state index contributed by atoms with van der Waals surface area (Å²) in [6, 6.07) is 0. The van der Waals surface area contributed by atoms with Crippen LogP contribution in [0, 0.1) is 0 Å². The fourth-order valence-corrected chi connectivity index (χ4v) is 3.21. The van der Waals surface area contributed by atoms with Gasteiger partial charge in [0.2, 0.25) is 0 Å². The van der Waals surface area contributed by atoms with Crippen molar-refractivity contribution in [3.05, 3.63) is 0 Å². The van der Waals surface area contributed by atoms with Gasteiger partial charge in [0.1, 0.15) is 0 Å². The van der Waals surface area contributed by atoms with Crippen molar-refractivity contribution < 1.29 is 13.5 Å². The molecule has 1 fully saturated rings.